The van der Waals surface area contributed by atoms with E-state index in [0.29, 0.717) is 17.7 Å². The van der Waals surface area contributed by atoms with Gasteiger partial charge in [-0.1, -0.05) is 37.3 Å². The van der Waals surface area contributed by atoms with Crippen LogP contribution in [0.5, 0.6) is 17.2 Å². The Kier molecular flexibility index (Phi) is 9.89. The minimum absolute atomic E-state index is 0. The van der Waals surface area contributed by atoms with E-state index in [1.54, 1.807) is 42.5 Å². The van der Waals surface area contributed by atoms with Gasteiger partial charge in [-0.2, -0.15) is 0 Å². The summed E-state index contributed by atoms with van der Waals surface area (Å²) in [5.74, 6) is -0.354. The van der Waals surface area contributed by atoms with Crippen LogP contribution in [0, 0.1) is 0 Å². The molecule has 0 radical (unpaired) electrons. The van der Waals surface area contributed by atoms with E-state index in [-0.39, 0.29) is 46.8 Å². The topological polar surface area (TPSA) is 102 Å². The maximum absolute atomic E-state index is 13.0. The van der Waals surface area contributed by atoms with E-state index in [4.69, 9.17) is 13.8 Å². The molecular weight excluding hydrogens is 454 g/mol. The second kappa shape index (κ2) is 12.2. The van der Waals surface area contributed by atoms with Crippen molar-refractivity contribution >= 4 is 19.6 Å². The molecule has 7 nitrogen and oxygen atoms in total. The Morgan fingerprint density at radius 1 is 0.848 bits per heavy atom. The van der Waals surface area contributed by atoms with Crippen LogP contribution in [-0.4, -0.2) is 11.8 Å². The van der Waals surface area contributed by atoms with Gasteiger partial charge in [0.1, 0.15) is 17.2 Å². The van der Waals surface area contributed by atoms with Crippen LogP contribution in [0.25, 0.3) is 0 Å². The number of phosphoric acid groups is 1. The summed E-state index contributed by atoms with van der Waals surface area (Å²) < 4.78 is 27.0. The predicted octanol–water partition coefficient (Wildman–Crippen LogP) is 1.92. The van der Waals surface area contributed by atoms with Crippen LogP contribution in [0.4, 0.5) is 0 Å². The van der Waals surface area contributed by atoms with E-state index >= 15 is 0 Å². The Labute approximate surface area is 214 Å². The second-order valence-corrected chi connectivity index (χ2v) is 8.21. The number of rotatable bonds is 9. The van der Waals surface area contributed by atoms with Crippen molar-refractivity contribution in [2.75, 3.05) is 0 Å². The minimum Gasteiger partial charge on any atom is -0.736 e. The van der Waals surface area contributed by atoms with Gasteiger partial charge in [0.05, 0.1) is 0 Å². The Morgan fingerprint density at radius 2 is 1.36 bits per heavy atom. The Balaban J connectivity index is 0.00000385. The van der Waals surface area contributed by atoms with Crippen LogP contribution in [0.2, 0.25) is 0 Å². The van der Waals surface area contributed by atoms with Gasteiger partial charge in [-0.15, -0.1) is 0 Å². The number of carbonyl (C=O) groups is 2. The van der Waals surface area contributed by atoms with E-state index in [9.17, 15) is 19.0 Å². The molecule has 0 saturated heterocycles. The third-order valence-corrected chi connectivity index (χ3v) is 5.45. The molecule has 0 N–H and O–H groups in total. The van der Waals surface area contributed by atoms with Gasteiger partial charge < -0.3 is 18.7 Å². The molecule has 0 aliphatic heterocycles. The van der Waals surface area contributed by atoms with Crippen LogP contribution in [-0.2, 0) is 9.36 Å². The van der Waals surface area contributed by atoms with Crippen LogP contribution in [0.1, 0.15) is 42.1 Å². The molecule has 0 spiro atoms. The predicted molar refractivity (Wildman–Crippen MR) is 117 cm³/mol. The summed E-state index contributed by atoms with van der Waals surface area (Å²) in [6.45, 7) is 3.22. The van der Waals surface area contributed by atoms with Gasteiger partial charge in [-0.05, 0) is 60.5 Å². The third-order valence-electron chi connectivity index (χ3n) is 4.59. The minimum atomic E-state index is -4.63. The molecule has 166 valence electrons. The molecule has 0 aromatic heterocycles. The molecular formula is C24H22NaO7P. The first-order valence-corrected chi connectivity index (χ1v) is 11.4. The smallest absolute Gasteiger partial charge is 0.736 e. The van der Waals surface area contributed by atoms with Crippen LogP contribution in [0.15, 0.2) is 78.9 Å². The van der Waals surface area contributed by atoms with E-state index in [2.05, 4.69) is 0 Å². The molecule has 3 aromatic carbocycles. The fourth-order valence-corrected chi connectivity index (χ4v) is 3.94. The fraction of sp³-hybridized carbons (Fsp3) is 0.167. The average Bonchev–Trinajstić information content (AvgIpc) is 2.75. The summed E-state index contributed by atoms with van der Waals surface area (Å²) in [7, 11) is -4.63. The van der Waals surface area contributed by atoms with Crippen molar-refractivity contribution in [2.24, 2.45) is 0 Å². The zero-order chi connectivity index (χ0) is 23.1. The van der Waals surface area contributed by atoms with Gasteiger partial charge in [0.2, 0.25) is 0 Å². The normalized spacial score (nSPS) is 13.1. The third kappa shape index (κ3) is 7.84. The molecule has 0 fully saturated rings. The first-order valence-electron chi connectivity index (χ1n) is 9.95. The zero-order valence-corrected chi connectivity index (χ0v) is 21.5. The van der Waals surface area contributed by atoms with E-state index in [0.717, 1.165) is 5.56 Å². The number of phosphoric ester groups is 1. The molecule has 0 aliphatic carbocycles. The fourth-order valence-electron chi connectivity index (χ4n) is 3.15. The molecule has 2 unspecified atom stereocenters. The maximum Gasteiger partial charge on any atom is 1.00 e. The molecule has 0 heterocycles. The van der Waals surface area contributed by atoms with Gasteiger partial charge in [0.15, 0.2) is 5.78 Å². The molecule has 2 atom stereocenters. The summed E-state index contributed by atoms with van der Waals surface area (Å²) in [5, 5.41) is 0. The van der Waals surface area contributed by atoms with Gasteiger partial charge >= 0.3 is 43.3 Å². The summed E-state index contributed by atoms with van der Waals surface area (Å²) in [6.07, 6.45) is 0.560. The average molecular weight is 476 g/mol. The molecule has 0 aliphatic rings. The summed E-state index contributed by atoms with van der Waals surface area (Å²) in [5.41, 5.74) is 1.20. The summed E-state index contributed by atoms with van der Waals surface area (Å²) >= 11 is 0. The summed E-state index contributed by atoms with van der Waals surface area (Å²) in [6, 6.07) is 20.6. The molecule has 0 amide bonds. The number of para-hydroxylation sites is 1. The maximum atomic E-state index is 13.0. The van der Waals surface area contributed by atoms with Gasteiger partial charge in [-0.3, -0.25) is 9.59 Å². The quantitative estimate of drug-likeness (QED) is 0.153. The molecule has 33 heavy (non-hydrogen) atoms. The zero-order valence-electron chi connectivity index (χ0n) is 18.6. The number of carbonyl (C=O) groups excluding carboxylic acids is 2. The first-order chi connectivity index (χ1) is 15.3. The number of ketones is 1. The molecule has 3 aromatic rings. The number of Topliss-reactive ketones (excluding diaryl/α,β-unsaturated/α-hetero) is 1. The van der Waals surface area contributed by atoms with Crippen molar-refractivity contribution < 1.29 is 62.4 Å². The van der Waals surface area contributed by atoms with Crippen molar-refractivity contribution in [3.8, 4) is 17.2 Å². The Hall–Kier alpha value is -2.41. The molecule has 3 rings (SSSR count). The van der Waals surface area contributed by atoms with Crippen molar-refractivity contribution in [1.29, 1.82) is 0 Å². The monoisotopic (exact) mass is 476 g/mol. The van der Waals surface area contributed by atoms with E-state index < -0.39 is 19.7 Å². The van der Waals surface area contributed by atoms with Crippen molar-refractivity contribution in [3.05, 3.63) is 90.0 Å². The number of benzene rings is 3. The van der Waals surface area contributed by atoms with Crippen molar-refractivity contribution in [2.45, 2.75) is 26.2 Å². The Bertz CT molecular complexity index is 1120. The van der Waals surface area contributed by atoms with Gasteiger partial charge in [-0.25, -0.2) is 4.57 Å². The van der Waals surface area contributed by atoms with Crippen LogP contribution >= 0.6 is 7.82 Å². The number of hydrogen-bond acceptors (Lipinski definition) is 7. The van der Waals surface area contributed by atoms with E-state index in [1.165, 1.54) is 43.3 Å². The molecule has 0 bridgehead atoms. The van der Waals surface area contributed by atoms with Gasteiger partial charge in [0, 0.05) is 18.4 Å². The SMILES string of the molecule is CCC(C(=O)c1ccc(OP(=O)([O-])Oc2ccccc2)cc1)c1ccc(OC(C)=O)cc1.[Na+]. The Morgan fingerprint density at radius 3 is 1.88 bits per heavy atom. The molecule has 0 saturated carbocycles. The second-order valence-electron chi connectivity index (χ2n) is 6.95. The van der Waals surface area contributed by atoms with Gasteiger partial charge in [0.25, 0.3) is 0 Å². The van der Waals surface area contributed by atoms with Crippen molar-refractivity contribution in [1.82, 2.24) is 0 Å². The van der Waals surface area contributed by atoms with Crippen molar-refractivity contribution in [3.63, 3.8) is 0 Å². The summed E-state index contributed by atoms with van der Waals surface area (Å²) in [4.78, 5) is 36.2. The number of hydrogen-bond donors (Lipinski definition) is 0. The first kappa shape index (κ1) is 26.8. The van der Waals surface area contributed by atoms with Crippen LogP contribution < -0.4 is 48.2 Å². The largest absolute Gasteiger partial charge is 1.00 e. The number of ether oxygens (including phenoxy) is 1. The molecule has 9 heteroatoms. The standard InChI is InChI=1S/C24H23O7P.Na/c1-3-23(18-9-13-20(14-10-18)29-17(2)25)24(26)19-11-15-22(16-12-19)31-32(27,28)30-21-7-5-4-6-8-21;/h4-16,23H,3H2,1-2H3,(H,27,28);/q;+1/p-1. The number of esters is 1. The van der Waals surface area contributed by atoms with Crippen LogP contribution in [0.3, 0.4) is 0 Å². The van der Waals surface area contributed by atoms with E-state index in [1.807, 2.05) is 6.92 Å².